The first-order chi connectivity index (χ1) is 17.0. The minimum atomic E-state index is -0.306. The number of aromatic nitrogens is 1. The maximum absolute atomic E-state index is 13.1. The molecule has 0 fully saturated rings. The van der Waals surface area contributed by atoms with Gasteiger partial charge in [-0.25, -0.2) is 4.79 Å². The molecule has 1 N–H and O–H groups in total. The summed E-state index contributed by atoms with van der Waals surface area (Å²) in [6.45, 7) is 7.05. The van der Waals surface area contributed by atoms with Crippen LogP contribution >= 0.6 is 11.6 Å². The van der Waals surface area contributed by atoms with Crippen LogP contribution in [0.4, 0.5) is 4.79 Å². The number of halogens is 1. The normalized spacial score (nSPS) is 15.5. The molecule has 1 unspecified atom stereocenters. The van der Waals surface area contributed by atoms with Gasteiger partial charge in [-0.3, -0.25) is 4.90 Å². The van der Waals surface area contributed by atoms with E-state index in [1.807, 2.05) is 56.3 Å². The Morgan fingerprint density at radius 3 is 2.63 bits per heavy atom. The smallest absolute Gasteiger partial charge is 0.410 e. The van der Waals surface area contributed by atoms with Crippen molar-refractivity contribution >= 4 is 28.6 Å². The van der Waals surface area contributed by atoms with Crippen LogP contribution in [0.5, 0.6) is 5.75 Å². The SMILES string of the molecule is COCCOCCOc1ccc(C2c3[nH]c4ccc(Cl)cc4c3CCN2C(=O)OCC(C)C)cc1. The highest BCUT2D eigenvalue weighted by molar-refractivity contribution is 6.31. The lowest BCUT2D eigenvalue weighted by molar-refractivity contribution is 0.0544. The summed E-state index contributed by atoms with van der Waals surface area (Å²) in [7, 11) is 1.65. The highest BCUT2D eigenvalue weighted by Crippen LogP contribution is 2.39. The molecule has 1 aliphatic rings. The Kier molecular flexibility index (Phi) is 8.55. The molecule has 0 aliphatic carbocycles. The van der Waals surface area contributed by atoms with E-state index in [1.165, 1.54) is 5.56 Å². The number of rotatable bonds is 10. The first-order valence-electron chi connectivity index (χ1n) is 12.0. The zero-order chi connectivity index (χ0) is 24.8. The molecule has 0 spiro atoms. The van der Waals surface area contributed by atoms with E-state index in [2.05, 4.69) is 4.98 Å². The number of H-pyrrole nitrogens is 1. The van der Waals surface area contributed by atoms with Crippen molar-refractivity contribution in [1.82, 2.24) is 9.88 Å². The fraction of sp³-hybridized carbons (Fsp3) is 0.444. The topological polar surface area (TPSA) is 73.0 Å². The van der Waals surface area contributed by atoms with Crippen molar-refractivity contribution in [1.29, 1.82) is 0 Å². The van der Waals surface area contributed by atoms with Crippen molar-refractivity contribution in [3.63, 3.8) is 0 Å². The number of aromatic amines is 1. The number of hydrogen-bond acceptors (Lipinski definition) is 5. The third-order valence-corrected chi connectivity index (χ3v) is 6.22. The van der Waals surface area contributed by atoms with E-state index in [0.717, 1.165) is 34.3 Å². The molecule has 7 nitrogen and oxygen atoms in total. The lowest BCUT2D eigenvalue weighted by Crippen LogP contribution is -2.41. The number of amides is 1. The minimum absolute atomic E-state index is 0.267. The number of nitrogens with zero attached hydrogens (tertiary/aromatic N) is 1. The van der Waals surface area contributed by atoms with E-state index >= 15 is 0 Å². The van der Waals surface area contributed by atoms with Crippen molar-refractivity contribution in [2.75, 3.05) is 46.7 Å². The van der Waals surface area contributed by atoms with Crippen LogP contribution in [-0.2, 0) is 20.6 Å². The van der Waals surface area contributed by atoms with Gasteiger partial charge in [-0.2, -0.15) is 0 Å². The van der Waals surface area contributed by atoms with Crippen LogP contribution in [0.3, 0.4) is 0 Å². The summed E-state index contributed by atoms with van der Waals surface area (Å²) in [6.07, 6.45) is 0.423. The molecule has 0 saturated heterocycles. The second kappa shape index (κ2) is 11.8. The molecule has 0 bridgehead atoms. The Morgan fingerprint density at radius 1 is 1.11 bits per heavy atom. The zero-order valence-corrected chi connectivity index (χ0v) is 21.3. The monoisotopic (exact) mass is 500 g/mol. The van der Waals surface area contributed by atoms with E-state index in [-0.39, 0.29) is 18.1 Å². The van der Waals surface area contributed by atoms with Gasteiger partial charge in [0, 0.05) is 35.3 Å². The Balaban J connectivity index is 1.57. The number of benzene rings is 2. The molecular formula is C27H33ClN2O5. The van der Waals surface area contributed by atoms with Gasteiger partial charge in [0.1, 0.15) is 18.4 Å². The predicted octanol–water partition coefficient (Wildman–Crippen LogP) is 5.60. The van der Waals surface area contributed by atoms with Crippen molar-refractivity contribution < 1.29 is 23.7 Å². The van der Waals surface area contributed by atoms with E-state index in [4.69, 9.17) is 30.5 Å². The molecule has 0 radical (unpaired) electrons. The molecule has 8 heteroatoms. The Morgan fingerprint density at radius 2 is 1.89 bits per heavy atom. The molecule has 3 aromatic rings. The van der Waals surface area contributed by atoms with Gasteiger partial charge in [-0.15, -0.1) is 0 Å². The van der Waals surface area contributed by atoms with Gasteiger partial charge in [0.25, 0.3) is 0 Å². The maximum atomic E-state index is 13.1. The second-order valence-electron chi connectivity index (χ2n) is 9.05. The van der Waals surface area contributed by atoms with Gasteiger partial charge >= 0.3 is 6.09 Å². The first-order valence-corrected chi connectivity index (χ1v) is 12.4. The maximum Gasteiger partial charge on any atom is 0.410 e. The highest BCUT2D eigenvalue weighted by Gasteiger charge is 2.35. The molecule has 2 aromatic carbocycles. The Hall–Kier alpha value is -2.74. The van der Waals surface area contributed by atoms with E-state index in [0.29, 0.717) is 44.6 Å². The molecule has 35 heavy (non-hydrogen) atoms. The largest absolute Gasteiger partial charge is 0.491 e. The van der Waals surface area contributed by atoms with Crippen molar-refractivity contribution in [3.8, 4) is 5.75 Å². The summed E-state index contributed by atoms with van der Waals surface area (Å²) < 4.78 is 21.8. The number of fused-ring (bicyclic) bond motifs is 3. The van der Waals surface area contributed by atoms with E-state index in [9.17, 15) is 4.79 Å². The number of carbonyl (C=O) groups is 1. The lowest BCUT2D eigenvalue weighted by Gasteiger charge is -2.35. The summed E-state index contributed by atoms with van der Waals surface area (Å²) in [6, 6.07) is 13.4. The molecule has 188 valence electrons. The van der Waals surface area contributed by atoms with Crippen LogP contribution < -0.4 is 4.74 Å². The number of methoxy groups -OCH3 is 1. The van der Waals surface area contributed by atoms with Crippen LogP contribution in [0.25, 0.3) is 10.9 Å². The minimum Gasteiger partial charge on any atom is -0.491 e. The third-order valence-electron chi connectivity index (χ3n) is 5.99. The standard InChI is InChI=1S/C27H33ClN2O5/c1-18(2)17-35-27(31)30-11-10-22-23-16-20(28)6-9-24(23)29-25(22)26(30)19-4-7-21(8-5-19)34-15-14-33-13-12-32-3/h4-9,16,18,26,29H,10-15,17H2,1-3H3. The van der Waals surface area contributed by atoms with Crippen molar-refractivity contribution in [2.24, 2.45) is 5.92 Å². The Labute approximate surface area is 211 Å². The van der Waals surface area contributed by atoms with Crippen molar-refractivity contribution in [2.45, 2.75) is 26.3 Å². The first kappa shape index (κ1) is 25.4. The van der Waals surface area contributed by atoms with Crippen molar-refractivity contribution in [3.05, 3.63) is 64.3 Å². The zero-order valence-electron chi connectivity index (χ0n) is 20.5. The number of ether oxygens (including phenoxy) is 4. The molecule has 1 amide bonds. The average Bonchev–Trinajstić information content (AvgIpc) is 3.22. The van der Waals surface area contributed by atoms with Gasteiger partial charge in [0.2, 0.25) is 0 Å². The fourth-order valence-electron chi connectivity index (χ4n) is 4.33. The number of hydrogen-bond donors (Lipinski definition) is 1. The quantitative estimate of drug-likeness (QED) is 0.367. The van der Waals surface area contributed by atoms with Gasteiger partial charge in [0.05, 0.1) is 26.4 Å². The summed E-state index contributed by atoms with van der Waals surface area (Å²) >= 11 is 6.29. The van der Waals surface area contributed by atoms with E-state index < -0.39 is 0 Å². The Bertz CT molecular complexity index is 1130. The van der Waals surface area contributed by atoms with Gasteiger partial charge in [-0.1, -0.05) is 37.6 Å². The molecule has 4 rings (SSSR count). The predicted molar refractivity (Wildman–Crippen MR) is 136 cm³/mol. The van der Waals surface area contributed by atoms with Crippen LogP contribution in [0, 0.1) is 5.92 Å². The fourth-order valence-corrected chi connectivity index (χ4v) is 4.51. The molecule has 1 aromatic heterocycles. The molecule has 0 saturated carbocycles. The third kappa shape index (κ3) is 6.10. The summed E-state index contributed by atoms with van der Waals surface area (Å²) in [5, 5.41) is 1.79. The van der Waals surface area contributed by atoms with Gasteiger partial charge in [0.15, 0.2) is 0 Å². The summed E-state index contributed by atoms with van der Waals surface area (Å²) in [5.41, 5.74) is 4.17. The molecule has 1 aliphatic heterocycles. The summed E-state index contributed by atoms with van der Waals surface area (Å²) in [4.78, 5) is 18.5. The van der Waals surface area contributed by atoms with Crippen LogP contribution in [0.2, 0.25) is 5.02 Å². The second-order valence-corrected chi connectivity index (χ2v) is 9.48. The molecule has 2 heterocycles. The average molecular weight is 501 g/mol. The highest BCUT2D eigenvalue weighted by atomic mass is 35.5. The van der Waals surface area contributed by atoms with Crippen LogP contribution in [-0.4, -0.2) is 62.7 Å². The molecule has 1 atom stereocenters. The number of carbonyl (C=O) groups excluding carboxylic acids is 1. The van der Waals surface area contributed by atoms with Crippen LogP contribution in [0.1, 0.15) is 36.7 Å². The molecular weight excluding hydrogens is 468 g/mol. The van der Waals surface area contributed by atoms with Gasteiger partial charge in [-0.05, 0) is 53.8 Å². The van der Waals surface area contributed by atoms with Gasteiger partial charge < -0.3 is 23.9 Å². The number of nitrogens with one attached hydrogen (secondary N) is 1. The lowest BCUT2D eigenvalue weighted by atomic mass is 9.92. The van der Waals surface area contributed by atoms with E-state index in [1.54, 1.807) is 12.0 Å². The van der Waals surface area contributed by atoms with Crippen LogP contribution in [0.15, 0.2) is 42.5 Å². The summed E-state index contributed by atoms with van der Waals surface area (Å²) in [5.74, 6) is 1.01.